The highest BCUT2D eigenvalue weighted by Gasteiger charge is 2.53. The molecule has 3 aromatic carbocycles. The number of rotatable bonds is 17. The quantitative estimate of drug-likeness (QED) is 0.0375. The maximum absolute atomic E-state index is 12.6. The summed E-state index contributed by atoms with van der Waals surface area (Å²) < 4.78 is 21.6. The number of fused-ring (bicyclic) bond motifs is 3. The topological polar surface area (TPSA) is 139 Å². The number of hydrogen-bond acceptors (Lipinski definition) is 10. The van der Waals surface area contributed by atoms with E-state index in [-0.39, 0.29) is 18.6 Å². The molecule has 2 heterocycles. The predicted octanol–water partition coefficient (Wildman–Crippen LogP) is 6.70. The molecule has 10 heteroatoms. The van der Waals surface area contributed by atoms with Gasteiger partial charge in [-0.25, -0.2) is 0 Å². The molecule has 264 valence electrons. The zero-order valence-electron chi connectivity index (χ0n) is 28.2. The highest BCUT2D eigenvalue weighted by molar-refractivity contribution is 6.06. The molecular weight excluding hydrogens is 652 g/mol. The van der Waals surface area contributed by atoms with Gasteiger partial charge in [0, 0.05) is 5.56 Å². The fourth-order valence-electron chi connectivity index (χ4n) is 7.15. The van der Waals surface area contributed by atoms with Crippen molar-refractivity contribution in [3.63, 3.8) is 0 Å². The Morgan fingerprint density at radius 3 is 2.18 bits per heavy atom. The number of allylic oxidation sites excluding steroid dienone is 1. The summed E-state index contributed by atoms with van der Waals surface area (Å²) in [7, 11) is 0. The molecule has 5 unspecified atom stereocenters. The van der Waals surface area contributed by atoms with Crippen LogP contribution in [0.1, 0.15) is 96.7 Å². The smallest absolute Gasteiger partial charge is 0.321 e. The van der Waals surface area contributed by atoms with Crippen LogP contribution in [0.25, 0.3) is 6.08 Å². The van der Waals surface area contributed by atoms with Crippen molar-refractivity contribution in [1.29, 1.82) is 0 Å². The third kappa shape index (κ3) is 8.68. The Kier molecular flexibility index (Phi) is 11.5. The number of benzene rings is 3. The summed E-state index contributed by atoms with van der Waals surface area (Å²) in [5, 5.41) is 0. The van der Waals surface area contributed by atoms with E-state index < -0.39 is 53.7 Å². The second-order valence-corrected chi connectivity index (χ2v) is 13.2. The zero-order valence-corrected chi connectivity index (χ0v) is 28.2. The molecule has 0 spiro atoms. The van der Waals surface area contributed by atoms with Gasteiger partial charge in [-0.1, -0.05) is 80.3 Å². The minimum absolute atomic E-state index is 0.0540. The van der Waals surface area contributed by atoms with Gasteiger partial charge in [0.05, 0.1) is 30.8 Å². The number of ketones is 1. The van der Waals surface area contributed by atoms with E-state index in [0.717, 1.165) is 55.9 Å². The molecule has 3 aliphatic rings. The first kappa shape index (κ1) is 35.4. The van der Waals surface area contributed by atoms with Crippen LogP contribution >= 0.6 is 0 Å². The summed E-state index contributed by atoms with van der Waals surface area (Å²) in [5.74, 6) is -3.89. The monoisotopic (exact) mass is 692 g/mol. The third-order valence-electron chi connectivity index (χ3n) is 9.81. The normalized spacial score (nSPS) is 21.5. The average Bonchev–Trinajstić information content (AvgIpc) is 3.64. The summed E-state index contributed by atoms with van der Waals surface area (Å²) in [5.41, 5.74) is 2.84. The van der Waals surface area contributed by atoms with Gasteiger partial charge in [0.2, 0.25) is 0 Å². The van der Waals surface area contributed by atoms with Crippen molar-refractivity contribution in [3.8, 4) is 11.5 Å². The highest BCUT2D eigenvalue weighted by Crippen LogP contribution is 2.51. The van der Waals surface area contributed by atoms with Crippen molar-refractivity contribution in [2.24, 2.45) is 11.8 Å². The Morgan fingerprint density at radius 2 is 1.45 bits per heavy atom. The number of unbranched alkanes of at least 4 members (excludes halogenated alkanes) is 5. The first-order valence-corrected chi connectivity index (χ1v) is 17.6. The largest absolute Gasteiger partial charge is 0.494 e. The maximum atomic E-state index is 12.6. The Balaban J connectivity index is 0.893. The Labute approximate surface area is 296 Å². The lowest BCUT2D eigenvalue weighted by molar-refractivity contribution is -0.155. The maximum Gasteiger partial charge on any atom is 0.321 e. The van der Waals surface area contributed by atoms with Gasteiger partial charge in [-0.3, -0.25) is 28.8 Å². The van der Waals surface area contributed by atoms with Crippen LogP contribution in [-0.2, 0) is 33.4 Å². The fourth-order valence-corrected chi connectivity index (χ4v) is 7.15. The van der Waals surface area contributed by atoms with Gasteiger partial charge in [0.1, 0.15) is 11.5 Å². The molecule has 0 N–H and O–H groups in total. The van der Waals surface area contributed by atoms with Gasteiger partial charge < -0.3 is 18.9 Å². The number of aldehydes is 1. The lowest BCUT2D eigenvalue weighted by Crippen LogP contribution is -2.31. The van der Waals surface area contributed by atoms with Crippen molar-refractivity contribution in [1.82, 2.24) is 0 Å². The van der Waals surface area contributed by atoms with Crippen LogP contribution in [0, 0.1) is 11.8 Å². The van der Waals surface area contributed by atoms with E-state index in [1.54, 1.807) is 42.5 Å². The molecule has 0 bridgehead atoms. The lowest BCUT2D eigenvalue weighted by atomic mass is 9.67. The van der Waals surface area contributed by atoms with Crippen molar-refractivity contribution < 1.29 is 47.7 Å². The standard InChI is InChI=1S/C41H40O10/c42-25-30(49-28-16-13-26(14-17-28)15-20-36(43)27-10-6-5-7-11-27)12-8-3-1-2-4-9-21-48-29-18-19-31-32(34-24-37(44)50-39(34)45)23-35-38(33(31)22-29)41(47)51-40(35)46/h5-7,10-11,13-20,22,25,30,32,34-35,38H,1-4,8-9,12,21,23-24H2. The Morgan fingerprint density at radius 1 is 0.745 bits per heavy atom. The first-order chi connectivity index (χ1) is 24.8. The zero-order chi connectivity index (χ0) is 35.7. The van der Waals surface area contributed by atoms with Crippen molar-refractivity contribution >= 4 is 42.0 Å². The fraction of sp³-hybridized carbons (Fsp3) is 0.366. The van der Waals surface area contributed by atoms with Gasteiger partial charge in [-0.05, 0) is 78.6 Å². The van der Waals surface area contributed by atoms with E-state index in [0.29, 0.717) is 35.7 Å². The Hall–Kier alpha value is -5.38. The number of carbonyl (C=O) groups is 6. The van der Waals surface area contributed by atoms with Gasteiger partial charge in [-0.2, -0.15) is 0 Å². The van der Waals surface area contributed by atoms with Crippen LogP contribution in [0.2, 0.25) is 0 Å². The van der Waals surface area contributed by atoms with Crippen LogP contribution in [0.5, 0.6) is 11.5 Å². The van der Waals surface area contributed by atoms with Gasteiger partial charge in [0.15, 0.2) is 18.2 Å². The molecule has 10 nitrogen and oxygen atoms in total. The Bertz CT molecular complexity index is 1790. The molecule has 1 aliphatic carbocycles. The van der Waals surface area contributed by atoms with E-state index in [1.165, 1.54) is 6.08 Å². The first-order valence-electron chi connectivity index (χ1n) is 17.6. The van der Waals surface area contributed by atoms with Crippen LogP contribution in [-0.4, -0.2) is 48.7 Å². The number of ether oxygens (including phenoxy) is 4. The molecule has 51 heavy (non-hydrogen) atoms. The number of esters is 4. The average molecular weight is 693 g/mol. The van der Waals surface area contributed by atoms with Crippen LogP contribution in [0.3, 0.4) is 0 Å². The highest BCUT2D eigenvalue weighted by atomic mass is 16.6. The van der Waals surface area contributed by atoms with Crippen molar-refractivity contribution in [2.45, 2.75) is 75.7 Å². The van der Waals surface area contributed by atoms with Crippen LogP contribution in [0.4, 0.5) is 0 Å². The molecule has 2 fully saturated rings. The molecule has 0 saturated carbocycles. The number of cyclic esters (lactones) is 4. The van der Waals surface area contributed by atoms with Crippen LogP contribution < -0.4 is 9.47 Å². The third-order valence-corrected chi connectivity index (χ3v) is 9.81. The summed E-state index contributed by atoms with van der Waals surface area (Å²) >= 11 is 0. The summed E-state index contributed by atoms with van der Waals surface area (Å²) in [4.78, 5) is 73.2. The van der Waals surface area contributed by atoms with E-state index in [2.05, 4.69) is 0 Å². The van der Waals surface area contributed by atoms with E-state index in [4.69, 9.17) is 18.9 Å². The van der Waals surface area contributed by atoms with Crippen LogP contribution in [0.15, 0.2) is 78.9 Å². The predicted molar refractivity (Wildman–Crippen MR) is 185 cm³/mol. The van der Waals surface area contributed by atoms with Gasteiger partial charge in [-0.15, -0.1) is 0 Å². The molecule has 6 rings (SSSR count). The number of carbonyl (C=O) groups excluding carboxylic acids is 6. The SMILES string of the molecule is O=CC(CCCCCCCCOc1ccc2c(c1)C1C(=O)OC(=O)C1CC2C1CC(=O)OC1=O)Oc1ccc(C=CC(=O)c2ccccc2)cc1. The minimum atomic E-state index is -0.754. The molecule has 2 aliphatic heterocycles. The lowest BCUT2D eigenvalue weighted by Gasteiger charge is -2.33. The van der Waals surface area contributed by atoms with E-state index in [9.17, 15) is 28.8 Å². The minimum Gasteiger partial charge on any atom is -0.494 e. The molecule has 0 amide bonds. The summed E-state index contributed by atoms with van der Waals surface area (Å²) in [6, 6.07) is 21.7. The molecule has 0 aromatic heterocycles. The molecule has 0 radical (unpaired) electrons. The molecular formula is C41H40O10. The second kappa shape index (κ2) is 16.6. The van der Waals surface area contributed by atoms with Gasteiger partial charge in [0.25, 0.3) is 0 Å². The number of hydrogen-bond donors (Lipinski definition) is 0. The van der Waals surface area contributed by atoms with Gasteiger partial charge >= 0.3 is 23.9 Å². The molecule has 5 atom stereocenters. The molecule has 3 aromatic rings. The summed E-state index contributed by atoms with van der Waals surface area (Å²) in [6.45, 7) is 0.474. The van der Waals surface area contributed by atoms with Crippen molar-refractivity contribution in [2.75, 3.05) is 6.61 Å². The second-order valence-electron chi connectivity index (χ2n) is 13.2. The summed E-state index contributed by atoms with van der Waals surface area (Å²) in [6.07, 6.45) is 10.0. The van der Waals surface area contributed by atoms with E-state index in [1.807, 2.05) is 36.4 Å². The van der Waals surface area contributed by atoms with E-state index >= 15 is 0 Å². The van der Waals surface area contributed by atoms with Crippen molar-refractivity contribution in [3.05, 3.63) is 101 Å². The molecule has 2 saturated heterocycles.